The summed E-state index contributed by atoms with van der Waals surface area (Å²) >= 11 is 0. The van der Waals surface area contributed by atoms with Crippen LogP contribution in [0.4, 0.5) is 4.39 Å². The number of aromatic nitrogens is 4. The quantitative estimate of drug-likeness (QED) is 0.541. The van der Waals surface area contributed by atoms with Crippen LogP contribution in [0.5, 0.6) is 0 Å². The Labute approximate surface area is 172 Å². The molecule has 1 amide bonds. The Kier molecular flexibility index (Phi) is 5.07. The van der Waals surface area contributed by atoms with E-state index < -0.39 is 0 Å². The van der Waals surface area contributed by atoms with Gasteiger partial charge in [0.15, 0.2) is 0 Å². The summed E-state index contributed by atoms with van der Waals surface area (Å²) in [6, 6.07) is 9.42. The highest BCUT2D eigenvalue weighted by Gasteiger charge is 2.22. The molecule has 30 heavy (non-hydrogen) atoms. The monoisotopic (exact) mass is 407 g/mol. The van der Waals surface area contributed by atoms with Gasteiger partial charge in [-0.3, -0.25) is 9.48 Å². The zero-order valence-corrected chi connectivity index (χ0v) is 17.2. The standard InChI is InChI=1S/C22H22FN5O2/c1-12-10-18(21(29)24-14(3)11-28-15(4)9-13(2)26-28)19-20(27-30-22(19)25-12)16-5-7-17(23)8-6-16/h5-10,14H,11H2,1-4H3,(H,24,29)/t14-/m0/s1. The summed E-state index contributed by atoms with van der Waals surface area (Å²) in [6.45, 7) is 8.18. The molecule has 1 N–H and O–H groups in total. The van der Waals surface area contributed by atoms with Gasteiger partial charge in [0.1, 0.15) is 11.5 Å². The zero-order valence-electron chi connectivity index (χ0n) is 17.2. The third-order valence-electron chi connectivity index (χ3n) is 4.86. The molecule has 7 nitrogen and oxygen atoms in total. The fraction of sp³-hybridized carbons (Fsp3) is 0.273. The van der Waals surface area contributed by atoms with Crippen LogP contribution >= 0.6 is 0 Å². The predicted molar refractivity (Wildman–Crippen MR) is 111 cm³/mol. The van der Waals surface area contributed by atoms with E-state index in [0.29, 0.717) is 34.4 Å². The SMILES string of the molecule is Cc1cc(C(=O)N[C@@H](C)Cn2nc(C)cc2C)c2c(-c3ccc(F)cc3)noc2n1. The second kappa shape index (κ2) is 7.70. The number of aryl methyl sites for hydroxylation is 3. The van der Waals surface area contributed by atoms with Crippen LogP contribution in [-0.2, 0) is 6.54 Å². The minimum absolute atomic E-state index is 0.159. The van der Waals surface area contributed by atoms with Crippen LogP contribution < -0.4 is 5.32 Å². The number of nitrogens with one attached hydrogen (secondary N) is 1. The highest BCUT2D eigenvalue weighted by atomic mass is 19.1. The van der Waals surface area contributed by atoms with Crippen LogP contribution in [-0.4, -0.2) is 31.9 Å². The average Bonchev–Trinajstić information content (AvgIpc) is 3.24. The van der Waals surface area contributed by atoms with Crippen molar-refractivity contribution < 1.29 is 13.7 Å². The molecule has 0 spiro atoms. The Morgan fingerprint density at radius 1 is 1.17 bits per heavy atom. The maximum Gasteiger partial charge on any atom is 0.259 e. The van der Waals surface area contributed by atoms with Crippen molar-refractivity contribution in [2.45, 2.75) is 40.3 Å². The maximum absolute atomic E-state index is 13.3. The Bertz CT molecular complexity index is 1230. The minimum atomic E-state index is -0.350. The molecule has 0 radical (unpaired) electrons. The number of hydrogen-bond donors (Lipinski definition) is 1. The normalized spacial score (nSPS) is 12.3. The lowest BCUT2D eigenvalue weighted by atomic mass is 10.0. The summed E-state index contributed by atoms with van der Waals surface area (Å²) in [7, 11) is 0. The fourth-order valence-corrected chi connectivity index (χ4v) is 3.52. The third kappa shape index (κ3) is 3.80. The number of pyridine rings is 1. The van der Waals surface area contributed by atoms with Gasteiger partial charge < -0.3 is 9.84 Å². The van der Waals surface area contributed by atoms with Crippen molar-refractivity contribution in [1.29, 1.82) is 0 Å². The topological polar surface area (TPSA) is 85.8 Å². The lowest BCUT2D eigenvalue weighted by molar-refractivity contribution is 0.0937. The summed E-state index contributed by atoms with van der Waals surface area (Å²) in [5.74, 6) is -0.609. The summed E-state index contributed by atoms with van der Waals surface area (Å²) < 4.78 is 20.6. The van der Waals surface area contributed by atoms with E-state index in [4.69, 9.17) is 4.52 Å². The van der Waals surface area contributed by atoms with E-state index in [1.165, 1.54) is 12.1 Å². The van der Waals surface area contributed by atoms with Crippen molar-refractivity contribution in [3.63, 3.8) is 0 Å². The summed E-state index contributed by atoms with van der Waals surface area (Å²) in [4.78, 5) is 17.5. The molecule has 0 fully saturated rings. The number of hydrogen-bond acceptors (Lipinski definition) is 5. The summed E-state index contributed by atoms with van der Waals surface area (Å²) in [5.41, 5.74) is 4.39. The van der Waals surface area contributed by atoms with Gasteiger partial charge >= 0.3 is 0 Å². The number of benzene rings is 1. The molecule has 4 aromatic rings. The number of fused-ring (bicyclic) bond motifs is 1. The molecule has 4 rings (SSSR count). The van der Waals surface area contributed by atoms with E-state index in [0.717, 1.165) is 11.4 Å². The number of amides is 1. The Morgan fingerprint density at radius 3 is 2.57 bits per heavy atom. The van der Waals surface area contributed by atoms with Crippen molar-refractivity contribution in [1.82, 2.24) is 25.2 Å². The molecule has 1 atom stereocenters. The van der Waals surface area contributed by atoms with E-state index in [1.807, 2.05) is 31.5 Å². The molecule has 0 unspecified atom stereocenters. The second-order valence-corrected chi connectivity index (χ2v) is 7.51. The molecule has 8 heteroatoms. The Balaban J connectivity index is 1.67. The number of halogens is 1. The van der Waals surface area contributed by atoms with E-state index in [1.54, 1.807) is 25.1 Å². The van der Waals surface area contributed by atoms with Gasteiger partial charge in [-0.05, 0) is 64.1 Å². The molecular formula is C22H22FN5O2. The van der Waals surface area contributed by atoms with Gasteiger partial charge in [0.2, 0.25) is 0 Å². The van der Waals surface area contributed by atoms with Gasteiger partial charge in [-0.2, -0.15) is 5.10 Å². The van der Waals surface area contributed by atoms with Crippen molar-refractivity contribution in [3.8, 4) is 11.3 Å². The van der Waals surface area contributed by atoms with E-state index in [9.17, 15) is 9.18 Å². The molecule has 154 valence electrons. The van der Waals surface area contributed by atoms with Crippen molar-refractivity contribution >= 4 is 17.0 Å². The third-order valence-corrected chi connectivity index (χ3v) is 4.86. The van der Waals surface area contributed by atoms with Crippen LogP contribution in [0.25, 0.3) is 22.4 Å². The number of nitrogens with zero attached hydrogens (tertiary/aromatic N) is 4. The number of carbonyl (C=O) groups is 1. The zero-order chi connectivity index (χ0) is 21.4. The molecule has 0 aliphatic rings. The van der Waals surface area contributed by atoms with Gasteiger partial charge in [0, 0.05) is 23.0 Å². The van der Waals surface area contributed by atoms with E-state index in [2.05, 4.69) is 20.6 Å². The van der Waals surface area contributed by atoms with Gasteiger partial charge in [0.05, 0.1) is 23.2 Å². The van der Waals surface area contributed by atoms with Crippen LogP contribution in [0.3, 0.4) is 0 Å². The van der Waals surface area contributed by atoms with Crippen molar-refractivity contribution in [2.24, 2.45) is 0 Å². The Hall–Kier alpha value is -3.55. The first-order chi connectivity index (χ1) is 14.3. The molecule has 1 aromatic carbocycles. The fourth-order valence-electron chi connectivity index (χ4n) is 3.52. The van der Waals surface area contributed by atoms with E-state index in [-0.39, 0.29) is 23.5 Å². The minimum Gasteiger partial charge on any atom is -0.348 e. The molecule has 0 aliphatic carbocycles. The number of rotatable bonds is 5. The van der Waals surface area contributed by atoms with Gasteiger partial charge in [-0.25, -0.2) is 9.37 Å². The first-order valence-corrected chi connectivity index (χ1v) is 9.66. The molecule has 0 aliphatic heterocycles. The molecule has 0 saturated heterocycles. The first-order valence-electron chi connectivity index (χ1n) is 9.66. The average molecular weight is 407 g/mol. The van der Waals surface area contributed by atoms with Crippen LogP contribution in [0.2, 0.25) is 0 Å². The second-order valence-electron chi connectivity index (χ2n) is 7.51. The van der Waals surface area contributed by atoms with Crippen molar-refractivity contribution in [3.05, 3.63) is 64.9 Å². The lowest BCUT2D eigenvalue weighted by Gasteiger charge is -2.16. The first kappa shape index (κ1) is 19.8. The Morgan fingerprint density at radius 2 is 1.90 bits per heavy atom. The summed E-state index contributed by atoms with van der Waals surface area (Å²) in [5, 5.41) is 12.1. The van der Waals surface area contributed by atoms with Crippen LogP contribution in [0.1, 0.15) is 34.4 Å². The predicted octanol–water partition coefficient (Wildman–Crippen LogP) is 3.97. The smallest absolute Gasteiger partial charge is 0.259 e. The molecule has 3 heterocycles. The molecule has 0 saturated carbocycles. The maximum atomic E-state index is 13.3. The van der Waals surface area contributed by atoms with E-state index >= 15 is 0 Å². The highest BCUT2D eigenvalue weighted by molar-refractivity contribution is 6.09. The molecule has 0 bridgehead atoms. The molecular weight excluding hydrogens is 385 g/mol. The number of carbonyl (C=O) groups excluding carboxylic acids is 1. The van der Waals surface area contributed by atoms with Gasteiger partial charge in [-0.1, -0.05) is 5.16 Å². The van der Waals surface area contributed by atoms with Crippen LogP contribution in [0, 0.1) is 26.6 Å². The van der Waals surface area contributed by atoms with Gasteiger partial charge in [0.25, 0.3) is 11.6 Å². The highest BCUT2D eigenvalue weighted by Crippen LogP contribution is 2.30. The lowest BCUT2D eigenvalue weighted by Crippen LogP contribution is -2.36. The van der Waals surface area contributed by atoms with Crippen LogP contribution in [0.15, 0.2) is 40.9 Å². The van der Waals surface area contributed by atoms with Crippen molar-refractivity contribution in [2.75, 3.05) is 0 Å². The largest absolute Gasteiger partial charge is 0.348 e. The van der Waals surface area contributed by atoms with Gasteiger partial charge in [-0.15, -0.1) is 0 Å². The molecule has 3 aromatic heterocycles. The summed E-state index contributed by atoms with van der Waals surface area (Å²) in [6.07, 6.45) is 0.